The van der Waals surface area contributed by atoms with Crippen molar-refractivity contribution in [2.24, 2.45) is 5.41 Å². The highest BCUT2D eigenvalue weighted by Gasteiger charge is 2.53. The number of anilines is 1. The van der Waals surface area contributed by atoms with Crippen molar-refractivity contribution >= 4 is 17.5 Å². The summed E-state index contributed by atoms with van der Waals surface area (Å²) in [5.41, 5.74) is 1.75. The number of amides is 2. The van der Waals surface area contributed by atoms with E-state index in [-0.39, 0.29) is 17.4 Å². The second kappa shape index (κ2) is 5.34. The topological polar surface area (TPSA) is 69.6 Å². The van der Waals surface area contributed by atoms with Crippen molar-refractivity contribution in [3.63, 3.8) is 0 Å². The number of aliphatic hydroxyl groups excluding tert-OH is 1. The van der Waals surface area contributed by atoms with Crippen LogP contribution in [0.3, 0.4) is 0 Å². The molecule has 0 radical (unpaired) electrons. The molecule has 1 aliphatic heterocycles. The number of nitrogens with one attached hydrogen (secondary N) is 1. The van der Waals surface area contributed by atoms with Gasteiger partial charge in [0.25, 0.3) is 0 Å². The van der Waals surface area contributed by atoms with Gasteiger partial charge in [0.15, 0.2) is 0 Å². The Labute approximate surface area is 136 Å². The Kier molecular flexibility index (Phi) is 3.71. The second-order valence-corrected chi connectivity index (χ2v) is 7.78. The van der Waals surface area contributed by atoms with E-state index in [9.17, 15) is 14.7 Å². The van der Waals surface area contributed by atoms with Crippen LogP contribution in [0.5, 0.6) is 0 Å². The number of hydrogen-bond donors (Lipinski definition) is 2. The summed E-state index contributed by atoms with van der Waals surface area (Å²) in [7, 11) is 0. The van der Waals surface area contributed by atoms with Gasteiger partial charge in [-0.3, -0.25) is 9.59 Å². The molecule has 1 aromatic rings. The van der Waals surface area contributed by atoms with E-state index in [1.165, 1.54) is 5.56 Å². The Bertz CT molecular complexity index is 644. The van der Waals surface area contributed by atoms with Crippen molar-refractivity contribution in [3.05, 3.63) is 29.8 Å². The molecule has 23 heavy (non-hydrogen) atoms. The molecule has 1 aromatic carbocycles. The average molecular weight is 316 g/mol. The minimum atomic E-state index is -0.695. The summed E-state index contributed by atoms with van der Waals surface area (Å²) in [5.74, 6) is -1.19. The lowest BCUT2D eigenvalue weighted by atomic mass is 9.89. The van der Waals surface area contributed by atoms with E-state index in [2.05, 4.69) is 11.4 Å². The Hall–Kier alpha value is -1.88. The van der Waals surface area contributed by atoms with Gasteiger partial charge < -0.3 is 15.3 Å². The maximum absolute atomic E-state index is 12.5. The van der Waals surface area contributed by atoms with Crippen molar-refractivity contribution in [1.82, 2.24) is 5.32 Å². The first-order chi connectivity index (χ1) is 10.7. The molecule has 1 atom stereocenters. The summed E-state index contributed by atoms with van der Waals surface area (Å²) < 4.78 is 0. The quantitative estimate of drug-likeness (QED) is 0.814. The highest BCUT2D eigenvalue weighted by atomic mass is 16.3. The predicted molar refractivity (Wildman–Crippen MR) is 88.2 cm³/mol. The zero-order valence-electron chi connectivity index (χ0n) is 13.9. The van der Waals surface area contributed by atoms with Crippen LogP contribution in [0.4, 0.5) is 5.69 Å². The van der Waals surface area contributed by atoms with Crippen LogP contribution < -0.4 is 10.2 Å². The summed E-state index contributed by atoms with van der Waals surface area (Å²) in [6.45, 7) is 6.33. The summed E-state index contributed by atoms with van der Waals surface area (Å²) in [6.07, 6.45) is 1.44. The molecule has 1 heterocycles. The molecule has 0 aromatic heterocycles. The number of rotatable bonds is 2. The van der Waals surface area contributed by atoms with Gasteiger partial charge in [0.2, 0.25) is 0 Å². The third kappa shape index (κ3) is 2.85. The van der Waals surface area contributed by atoms with E-state index >= 15 is 0 Å². The summed E-state index contributed by atoms with van der Waals surface area (Å²) in [4.78, 5) is 26.3. The Morgan fingerprint density at radius 2 is 1.96 bits per heavy atom. The maximum Gasteiger partial charge on any atom is 0.316 e. The number of carbonyl (C=O) groups excluding carboxylic acids is 2. The van der Waals surface area contributed by atoms with Gasteiger partial charge >= 0.3 is 11.8 Å². The molecular formula is C18H24N2O3. The van der Waals surface area contributed by atoms with Crippen LogP contribution >= 0.6 is 0 Å². The van der Waals surface area contributed by atoms with Gasteiger partial charge in [0, 0.05) is 24.2 Å². The normalized spacial score (nSPS) is 19.4. The maximum atomic E-state index is 12.5. The van der Waals surface area contributed by atoms with Crippen molar-refractivity contribution in [1.29, 1.82) is 0 Å². The molecule has 1 fully saturated rings. The molecule has 3 rings (SSSR count). The number of para-hydroxylation sites is 1. The Balaban J connectivity index is 1.69. The Morgan fingerprint density at radius 1 is 1.30 bits per heavy atom. The molecule has 5 heteroatoms. The molecule has 1 unspecified atom stereocenters. The van der Waals surface area contributed by atoms with Crippen molar-refractivity contribution in [2.45, 2.75) is 45.1 Å². The van der Waals surface area contributed by atoms with Gasteiger partial charge in [-0.05, 0) is 29.9 Å². The number of fused-ring (bicyclic) bond motifs is 2. The number of benzene rings is 1. The molecule has 1 spiro atoms. The molecule has 5 nitrogen and oxygen atoms in total. The predicted octanol–water partition coefficient (Wildman–Crippen LogP) is 1.59. The third-order valence-electron chi connectivity index (χ3n) is 4.98. The van der Waals surface area contributed by atoms with Crippen molar-refractivity contribution in [3.8, 4) is 0 Å². The van der Waals surface area contributed by atoms with Crippen LogP contribution in [-0.4, -0.2) is 36.1 Å². The molecule has 0 saturated heterocycles. The summed E-state index contributed by atoms with van der Waals surface area (Å²) in [6, 6.07) is 7.82. The van der Waals surface area contributed by atoms with E-state index in [4.69, 9.17) is 0 Å². The first-order valence-electron chi connectivity index (χ1n) is 8.12. The van der Waals surface area contributed by atoms with Crippen LogP contribution in [0.15, 0.2) is 24.3 Å². The van der Waals surface area contributed by atoms with Crippen molar-refractivity contribution < 1.29 is 14.7 Å². The fourth-order valence-corrected chi connectivity index (χ4v) is 3.08. The molecule has 2 N–H and O–H groups in total. The van der Waals surface area contributed by atoms with Gasteiger partial charge in [0.1, 0.15) is 0 Å². The van der Waals surface area contributed by atoms with Crippen LogP contribution in [0.25, 0.3) is 0 Å². The monoisotopic (exact) mass is 316 g/mol. The van der Waals surface area contributed by atoms with Crippen LogP contribution in [0.2, 0.25) is 0 Å². The zero-order chi connectivity index (χ0) is 16.8. The van der Waals surface area contributed by atoms with Gasteiger partial charge in [0.05, 0.1) is 6.10 Å². The van der Waals surface area contributed by atoms with Gasteiger partial charge in [-0.25, -0.2) is 0 Å². The number of aliphatic hydroxyl groups is 1. The highest BCUT2D eigenvalue weighted by molar-refractivity contribution is 6.40. The molecule has 1 saturated carbocycles. The largest absolute Gasteiger partial charge is 0.391 e. The molecule has 1 aliphatic carbocycles. The molecule has 0 bridgehead atoms. The lowest BCUT2D eigenvalue weighted by Crippen LogP contribution is -2.47. The number of hydrogen-bond acceptors (Lipinski definition) is 3. The average Bonchev–Trinajstić information content (AvgIpc) is 3.21. The molecular weight excluding hydrogens is 292 g/mol. The van der Waals surface area contributed by atoms with E-state index < -0.39 is 17.9 Å². The highest BCUT2D eigenvalue weighted by Crippen LogP contribution is 2.56. The molecule has 124 valence electrons. The van der Waals surface area contributed by atoms with E-state index in [0.717, 1.165) is 18.5 Å². The minimum Gasteiger partial charge on any atom is -0.391 e. The molecule has 2 aliphatic rings. The lowest BCUT2D eigenvalue weighted by molar-refractivity contribution is -0.138. The van der Waals surface area contributed by atoms with Crippen molar-refractivity contribution in [2.75, 3.05) is 18.0 Å². The smallest absolute Gasteiger partial charge is 0.316 e. The van der Waals surface area contributed by atoms with Gasteiger partial charge in [-0.2, -0.15) is 0 Å². The lowest BCUT2D eigenvalue weighted by Gasteiger charge is -2.26. The second-order valence-electron chi connectivity index (χ2n) is 7.78. The Morgan fingerprint density at radius 3 is 2.57 bits per heavy atom. The SMILES string of the molecule is CC(C)(C)C(O)CNC(=O)C(=O)N1CC2(CC2)c2ccccc21. The number of carbonyl (C=O) groups is 2. The standard InChI is InChI=1S/C18H24N2O3/c1-17(2,3)14(21)10-19-15(22)16(23)20-11-18(8-9-18)12-6-4-5-7-13(12)20/h4-7,14,21H,8-11H2,1-3H3,(H,19,22). The van der Waals surface area contributed by atoms with E-state index in [1.54, 1.807) is 4.90 Å². The first-order valence-corrected chi connectivity index (χ1v) is 8.12. The third-order valence-corrected chi connectivity index (χ3v) is 4.98. The van der Waals surface area contributed by atoms with Crippen LogP contribution in [-0.2, 0) is 15.0 Å². The van der Waals surface area contributed by atoms with E-state index in [1.807, 2.05) is 39.0 Å². The fraction of sp³-hybridized carbons (Fsp3) is 0.556. The minimum absolute atomic E-state index is 0.0669. The van der Waals surface area contributed by atoms with Crippen LogP contribution in [0, 0.1) is 5.41 Å². The first kappa shape index (κ1) is 16.0. The summed E-state index contributed by atoms with van der Waals surface area (Å²) in [5, 5.41) is 12.6. The zero-order valence-corrected chi connectivity index (χ0v) is 13.9. The van der Waals surface area contributed by atoms with Gasteiger partial charge in [-0.15, -0.1) is 0 Å². The van der Waals surface area contributed by atoms with Crippen LogP contribution in [0.1, 0.15) is 39.2 Å². The van der Waals surface area contributed by atoms with Gasteiger partial charge in [-0.1, -0.05) is 39.0 Å². The molecule has 2 amide bonds. The summed E-state index contributed by atoms with van der Waals surface area (Å²) >= 11 is 0. The van der Waals surface area contributed by atoms with E-state index in [0.29, 0.717) is 6.54 Å². The fourth-order valence-electron chi connectivity index (χ4n) is 3.08. The number of nitrogens with zero attached hydrogens (tertiary/aromatic N) is 1.